The standard InChI is InChI=1S/C34H38O7/c1-15(2)25-28(37)23(18(5)35)30(39)34(41)31(40)26-29(38)24-21(17(4)32(26,7)19(6)33(25,34)8)13-14-22(27(24)36)20-11-9-16(3)10-12-20/h9-15,17,19,25,36-37,40-41H,1-8H3/t17-,19-,25?,32-,33-,34+/m1/s1. The number of ketones is 3. The van der Waals surface area contributed by atoms with Gasteiger partial charge in [-0.1, -0.05) is 83.5 Å². The highest BCUT2D eigenvalue weighted by molar-refractivity contribution is 6.25. The van der Waals surface area contributed by atoms with Gasteiger partial charge in [0, 0.05) is 27.9 Å². The van der Waals surface area contributed by atoms with Gasteiger partial charge in [-0.3, -0.25) is 14.4 Å². The molecule has 2 aromatic rings. The van der Waals surface area contributed by atoms with Crippen molar-refractivity contribution >= 4 is 17.3 Å². The van der Waals surface area contributed by atoms with Crippen LogP contribution >= 0.6 is 0 Å². The lowest BCUT2D eigenvalue weighted by atomic mass is 9.39. The second-order valence-corrected chi connectivity index (χ2v) is 12.9. The minimum absolute atomic E-state index is 0.0165. The van der Waals surface area contributed by atoms with Gasteiger partial charge in [-0.15, -0.1) is 0 Å². The zero-order valence-corrected chi connectivity index (χ0v) is 24.8. The molecule has 4 N–H and O–H groups in total. The highest BCUT2D eigenvalue weighted by atomic mass is 16.3. The Labute approximate surface area is 240 Å². The molecule has 0 spiro atoms. The smallest absolute Gasteiger partial charge is 0.209 e. The molecule has 0 amide bonds. The quantitative estimate of drug-likeness (QED) is 0.333. The summed E-state index contributed by atoms with van der Waals surface area (Å²) < 4.78 is 0. The van der Waals surface area contributed by atoms with Crippen LogP contribution in [0, 0.1) is 35.5 Å². The highest BCUT2D eigenvalue weighted by Crippen LogP contribution is 2.70. The van der Waals surface area contributed by atoms with E-state index in [4.69, 9.17) is 0 Å². The monoisotopic (exact) mass is 558 g/mol. The number of aliphatic hydroxyl groups excluding tert-OH is 2. The molecule has 0 saturated carbocycles. The lowest BCUT2D eigenvalue weighted by Gasteiger charge is -2.64. The fourth-order valence-electron chi connectivity index (χ4n) is 8.34. The van der Waals surface area contributed by atoms with E-state index in [2.05, 4.69) is 0 Å². The number of phenolic OH excluding ortho intramolecular Hbond substituents is 1. The summed E-state index contributed by atoms with van der Waals surface area (Å²) in [6.45, 7) is 13.9. The van der Waals surface area contributed by atoms with Gasteiger partial charge in [0.1, 0.15) is 22.8 Å². The topological polar surface area (TPSA) is 132 Å². The van der Waals surface area contributed by atoms with E-state index in [1.54, 1.807) is 13.0 Å². The van der Waals surface area contributed by atoms with E-state index < -0.39 is 68.6 Å². The predicted molar refractivity (Wildman–Crippen MR) is 155 cm³/mol. The molecular formula is C34H38O7. The molecule has 216 valence electrons. The molecule has 0 aliphatic heterocycles. The fraction of sp³-hybridized carbons (Fsp3) is 0.441. The largest absolute Gasteiger partial charge is 0.511 e. The van der Waals surface area contributed by atoms with Crippen molar-refractivity contribution in [1.82, 2.24) is 0 Å². The van der Waals surface area contributed by atoms with Crippen molar-refractivity contribution in [3.05, 3.63) is 75.8 Å². The van der Waals surface area contributed by atoms with Crippen molar-refractivity contribution in [3.8, 4) is 16.9 Å². The van der Waals surface area contributed by atoms with Crippen molar-refractivity contribution in [2.24, 2.45) is 28.6 Å². The van der Waals surface area contributed by atoms with Crippen molar-refractivity contribution in [1.29, 1.82) is 0 Å². The molecule has 0 heterocycles. The number of carbonyl (C=O) groups excluding carboxylic acids is 3. The number of carbonyl (C=O) groups is 3. The molecule has 3 aliphatic carbocycles. The molecule has 2 aromatic carbocycles. The molecule has 0 radical (unpaired) electrons. The van der Waals surface area contributed by atoms with Crippen LogP contribution in [0.5, 0.6) is 5.75 Å². The van der Waals surface area contributed by atoms with Gasteiger partial charge in [-0.25, -0.2) is 0 Å². The number of allylic oxidation sites excluding steroid dienone is 2. The fourth-order valence-corrected chi connectivity index (χ4v) is 8.34. The molecule has 41 heavy (non-hydrogen) atoms. The maximum atomic E-state index is 14.4. The SMILES string of the molecule is CC(=O)C1=C(O)C(C(C)C)[C@@]2(C)[C@H](C)[C@]3(C)C(=C(O)[C@@]2(O)C1=O)C(=O)c1c(ccc(-c2ccc(C)cc2)c1O)[C@H]3C. The first-order chi connectivity index (χ1) is 19.0. The zero-order valence-electron chi connectivity index (χ0n) is 24.8. The Morgan fingerprint density at radius 2 is 1.54 bits per heavy atom. The third-order valence-electron chi connectivity index (χ3n) is 10.9. The number of phenols is 1. The zero-order chi connectivity index (χ0) is 30.6. The first-order valence-electron chi connectivity index (χ1n) is 14.1. The summed E-state index contributed by atoms with van der Waals surface area (Å²) in [6, 6.07) is 11.1. The van der Waals surface area contributed by atoms with E-state index in [-0.39, 0.29) is 22.8 Å². The first-order valence-corrected chi connectivity index (χ1v) is 14.1. The Morgan fingerprint density at radius 3 is 2.07 bits per heavy atom. The van der Waals surface area contributed by atoms with E-state index in [9.17, 15) is 34.8 Å². The van der Waals surface area contributed by atoms with Gasteiger partial charge in [-0.05, 0) is 42.7 Å². The highest BCUT2D eigenvalue weighted by Gasteiger charge is 2.74. The van der Waals surface area contributed by atoms with E-state index in [1.165, 1.54) is 0 Å². The van der Waals surface area contributed by atoms with Crippen molar-refractivity contribution in [3.63, 3.8) is 0 Å². The molecule has 0 saturated heterocycles. The summed E-state index contributed by atoms with van der Waals surface area (Å²) in [5.74, 6) is -6.28. The first kappa shape index (κ1) is 28.8. The molecular weight excluding hydrogens is 520 g/mol. The minimum atomic E-state index is -2.65. The summed E-state index contributed by atoms with van der Waals surface area (Å²) in [6.07, 6.45) is 0. The summed E-state index contributed by atoms with van der Waals surface area (Å²) in [7, 11) is 0. The van der Waals surface area contributed by atoms with Gasteiger partial charge >= 0.3 is 0 Å². The number of Topliss-reactive ketones (excluding diaryl/α,β-unsaturated/α-hetero) is 3. The number of aromatic hydroxyl groups is 1. The van der Waals surface area contributed by atoms with Gasteiger partial charge in [0.25, 0.3) is 0 Å². The Hall–Kier alpha value is -3.71. The van der Waals surface area contributed by atoms with Crippen LogP contribution in [0.1, 0.15) is 75.9 Å². The summed E-state index contributed by atoms with van der Waals surface area (Å²) in [5, 5.41) is 47.2. The number of hydrogen-bond donors (Lipinski definition) is 4. The Balaban J connectivity index is 1.85. The van der Waals surface area contributed by atoms with Gasteiger partial charge < -0.3 is 20.4 Å². The summed E-state index contributed by atoms with van der Waals surface area (Å²) in [4.78, 5) is 41.0. The van der Waals surface area contributed by atoms with E-state index in [0.29, 0.717) is 16.7 Å². The third-order valence-corrected chi connectivity index (χ3v) is 10.9. The minimum Gasteiger partial charge on any atom is -0.511 e. The summed E-state index contributed by atoms with van der Waals surface area (Å²) in [5.41, 5.74) is -3.15. The maximum absolute atomic E-state index is 14.4. The number of aliphatic hydroxyl groups is 3. The lowest BCUT2D eigenvalue weighted by molar-refractivity contribution is -0.189. The second kappa shape index (κ2) is 8.89. The van der Waals surface area contributed by atoms with Crippen molar-refractivity contribution in [2.45, 2.75) is 66.9 Å². The predicted octanol–water partition coefficient (Wildman–Crippen LogP) is 6.13. The Kier molecular flexibility index (Phi) is 6.25. The molecule has 0 bridgehead atoms. The summed E-state index contributed by atoms with van der Waals surface area (Å²) >= 11 is 0. The Bertz CT molecular complexity index is 1590. The number of benzene rings is 2. The average molecular weight is 559 g/mol. The number of hydrogen-bond acceptors (Lipinski definition) is 7. The van der Waals surface area contributed by atoms with Gasteiger partial charge in [0.05, 0.1) is 5.56 Å². The van der Waals surface area contributed by atoms with Crippen LogP contribution in [0.3, 0.4) is 0 Å². The van der Waals surface area contributed by atoms with Crippen LogP contribution in [-0.2, 0) is 9.59 Å². The van der Waals surface area contributed by atoms with Crippen molar-refractivity contribution in [2.75, 3.05) is 0 Å². The number of fused-ring (bicyclic) bond motifs is 3. The normalized spacial score (nSPS) is 33.1. The van der Waals surface area contributed by atoms with E-state index in [1.807, 2.05) is 71.9 Å². The number of rotatable bonds is 3. The second-order valence-electron chi connectivity index (χ2n) is 12.9. The lowest BCUT2D eigenvalue weighted by Crippen LogP contribution is -2.71. The molecule has 7 heteroatoms. The molecule has 1 unspecified atom stereocenters. The van der Waals surface area contributed by atoms with Crippen molar-refractivity contribution < 1.29 is 34.8 Å². The average Bonchev–Trinajstić information content (AvgIpc) is 2.89. The van der Waals surface area contributed by atoms with Gasteiger partial charge in [0.2, 0.25) is 5.78 Å². The van der Waals surface area contributed by atoms with E-state index >= 15 is 0 Å². The van der Waals surface area contributed by atoms with Gasteiger partial charge in [-0.2, -0.15) is 0 Å². The van der Waals surface area contributed by atoms with Crippen LogP contribution in [-0.4, -0.2) is 43.4 Å². The van der Waals surface area contributed by atoms with Crippen LogP contribution in [0.15, 0.2) is 59.1 Å². The molecule has 3 aliphatic rings. The number of aryl methyl sites for hydroxylation is 1. The van der Waals surface area contributed by atoms with Crippen LogP contribution in [0.4, 0.5) is 0 Å². The van der Waals surface area contributed by atoms with Crippen LogP contribution in [0.2, 0.25) is 0 Å². The molecule has 7 nitrogen and oxygen atoms in total. The third kappa shape index (κ3) is 3.27. The Morgan fingerprint density at radius 1 is 0.951 bits per heavy atom. The molecule has 5 rings (SSSR count). The van der Waals surface area contributed by atoms with E-state index in [0.717, 1.165) is 12.5 Å². The van der Waals surface area contributed by atoms with Gasteiger partial charge in [0.15, 0.2) is 17.2 Å². The molecule has 0 fully saturated rings. The maximum Gasteiger partial charge on any atom is 0.209 e. The van der Waals surface area contributed by atoms with Crippen LogP contribution < -0.4 is 0 Å². The molecule has 0 aromatic heterocycles. The molecule has 6 atom stereocenters. The van der Waals surface area contributed by atoms with Crippen LogP contribution in [0.25, 0.3) is 11.1 Å².